The fraction of sp³-hybridized carbons (Fsp3) is 0.333. The van der Waals surface area contributed by atoms with Gasteiger partial charge in [0.1, 0.15) is 0 Å². The Morgan fingerprint density at radius 3 is 2.68 bits per heavy atom. The lowest BCUT2D eigenvalue weighted by Crippen LogP contribution is -3.06. The van der Waals surface area contributed by atoms with Gasteiger partial charge in [0.25, 0.3) is 0 Å². The molecular formula is C21H24N3O3S+. The summed E-state index contributed by atoms with van der Waals surface area (Å²) in [4.78, 5) is 20.9. The number of benzene rings is 2. The predicted molar refractivity (Wildman–Crippen MR) is 111 cm³/mol. The van der Waals surface area contributed by atoms with E-state index in [2.05, 4.69) is 26.2 Å². The standard InChI is InChI=1S/C21H23N3O3S/c1-23(2)10-11-24(20(25)9-8-15-6-4-3-5-7-15)21-22-16-12-17-18(27-14-26-17)13-19(16)28-21/h3-7,12-13H,8-11,14H2,1-2H3/p+1. The zero-order valence-electron chi connectivity index (χ0n) is 16.1. The molecule has 0 spiro atoms. The lowest BCUT2D eigenvalue weighted by atomic mass is 10.1. The minimum Gasteiger partial charge on any atom is -0.454 e. The van der Waals surface area contributed by atoms with Gasteiger partial charge < -0.3 is 14.4 Å². The quantitative estimate of drug-likeness (QED) is 0.663. The van der Waals surface area contributed by atoms with Crippen LogP contribution in [-0.2, 0) is 11.2 Å². The third-order valence-electron chi connectivity index (χ3n) is 4.71. The molecule has 0 unspecified atom stereocenters. The van der Waals surface area contributed by atoms with Crippen molar-refractivity contribution >= 4 is 32.6 Å². The van der Waals surface area contributed by atoms with Crippen molar-refractivity contribution in [2.24, 2.45) is 0 Å². The number of ether oxygens (including phenoxy) is 2. The Bertz CT molecular complexity index is 931. The first-order valence-electron chi connectivity index (χ1n) is 9.43. The van der Waals surface area contributed by atoms with Crippen molar-refractivity contribution in [1.82, 2.24) is 4.98 Å². The van der Waals surface area contributed by atoms with Crippen molar-refractivity contribution in [3.8, 4) is 11.5 Å². The van der Waals surface area contributed by atoms with Crippen LogP contribution >= 0.6 is 11.3 Å². The number of carbonyl (C=O) groups excluding carboxylic acids is 1. The lowest BCUT2D eigenvalue weighted by Gasteiger charge is -2.20. The number of thiazole rings is 1. The Kier molecular flexibility index (Phi) is 5.45. The zero-order chi connectivity index (χ0) is 19.5. The molecule has 3 aromatic rings. The molecule has 1 amide bonds. The van der Waals surface area contributed by atoms with Crippen molar-refractivity contribution in [2.75, 3.05) is 38.9 Å². The second-order valence-corrected chi connectivity index (χ2v) is 8.17. The fourth-order valence-corrected chi connectivity index (χ4v) is 4.13. The van der Waals surface area contributed by atoms with E-state index < -0.39 is 0 Å². The van der Waals surface area contributed by atoms with Gasteiger partial charge in [0.15, 0.2) is 16.6 Å². The molecule has 0 fully saturated rings. The van der Waals surface area contributed by atoms with Crippen LogP contribution in [0.4, 0.5) is 5.13 Å². The average Bonchev–Trinajstić information content (AvgIpc) is 3.30. The Hall–Kier alpha value is -2.64. The van der Waals surface area contributed by atoms with Crippen LogP contribution in [0.25, 0.3) is 10.2 Å². The number of anilines is 1. The molecule has 0 radical (unpaired) electrons. The molecule has 146 valence electrons. The van der Waals surface area contributed by atoms with Crippen molar-refractivity contribution in [2.45, 2.75) is 12.8 Å². The van der Waals surface area contributed by atoms with Gasteiger partial charge in [-0.05, 0) is 12.0 Å². The highest BCUT2D eigenvalue weighted by Crippen LogP contribution is 2.39. The van der Waals surface area contributed by atoms with Crippen molar-refractivity contribution in [3.63, 3.8) is 0 Å². The van der Waals surface area contributed by atoms with E-state index in [1.807, 2.05) is 35.2 Å². The van der Waals surface area contributed by atoms with Crippen molar-refractivity contribution < 1.29 is 19.2 Å². The molecule has 1 aliphatic heterocycles. The molecule has 0 saturated carbocycles. The molecule has 7 heteroatoms. The topological polar surface area (TPSA) is 56.1 Å². The third-order valence-corrected chi connectivity index (χ3v) is 5.75. The lowest BCUT2D eigenvalue weighted by molar-refractivity contribution is -0.856. The second-order valence-electron chi connectivity index (χ2n) is 7.16. The normalized spacial score (nSPS) is 12.7. The molecule has 4 rings (SSSR count). The van der Waals surface area contributed by atoms with Gasteiger partial charge in [-0.3, -0.25) is 9.69 Å². The summed E-state index contributed by atoms with van der Waals surface area (Å²) in [6, 6.07) is 13.9. The first kappa shape index (κ1) is 18.7. The van der Waals surface area contributed by atoms with Crippen LogP contribution in [0.2, 0.25) is 0 Å². The van der Waals surface area contributed by atoms with E-state index in [9.17, 15) is 4.79 Å². The minimum absolute atomic E-state index is 0.101. The fourth-order valence-electron chi connectivity index (χ4n) is 3.11. The summed E-state index contributed by atoms with van der Waals surface area (Å²) >= 11 is 1.52. The number of rotatable bonds is 7. The average molecular weight is 399 g/mol. The highest BCUT2D eigenvalue weighted by Gasteiger charge is 2.22. The molecule has 0 aliphatic carbocycles. The van der Waals surface area contributed by atoms with Crippen LogP contribution in [0.5, 0.6) is 11.5 Å². The maximum atomic E-state index is 13.0. The minimum atomic E-state index is 0.101. The van der Waals surface area contributed by atoms with Gasteiger partial charge in [0.2, 0.25) is 12.7 Å². The van der Waals surface area contributed by atoms with Gasteiger partial charge >= 0.3 is 0 Å². The van der Waals surface area contributed by atoms with E-state index in [0.717, 1.165) is 34.1 Å². The van der Waals surface area contributed by atoms with E-state index in [-0.39, 0.29) is 12.7 Å². The molecule has 6 nitrogen and oxygen atoms in total. The molecule has 2 heterocycles. The largest absolute Gasteiger partial charge is 0.454 e. The number of likely N-dealkylation sites (N-methyl/N-ethyl adjacent to an activating group) is 1. The number of aryl methyl sites for hydroxylation is 1. The van der Waals surface area contributed by atoms with Gasteiger partial charge in [-0.1, -0.05) is 41.7 Å². The number of amides is 1. The van der Waals surface area contributed by atoms with Crippen LogP contribution in [-0.4, -0.2) is 44.9 Å². The van der Waals surface area contributed by atoms with E-state index in [1.54, 1.807) is 0 Å². The van der Waals surface area contributed by atoms with Crippen LogP contribution in [0.3, 0.4) is 0 Å². The maximum absolute atomic E-state index is 13.0. The monoisotopic (exact) mass is 398 g/mol. The molecule has 0 saturated heterocycles. The summed E-state index contributed by atoms with van der Waals surface area (Å²) in [5.74, 6) is 1.55. The SMILES string of the molecule is C[NH+](C)CCN(C(=O)CCc1ccccc1)c1nc2cc3c(cc2s1)OCO3. The summed E-state index contributed by atoms with van der Waals surface area (Å²) in [5.41, 5.74) is 2.01. The number of nitrogens with zero attached hydrogens (tertiary/aromatic N) is 2. The van der Waals surface area contributed by atoms with Gasteiger partial charge in [0, 0.05) is 18.6 Å². The first-order chi connectivity index (χ1) is 13.6. The number of hydrogen-bond acceptors (Lipinski definition) is 5. The number of nitrogens with one attached hydrogen (secondary N) is 1. The van der Waals surface area contributed by atoms with E-state index >= 15 is 0 Å². The van der Waals surface area contributed by atoms with E-state index in [1.165, 1.54) is 21.8 Å². The summed E-state index contributed by atoms with van der Waals surface area (Å²) in [6.07, 6.45) is 1.19. The first-order valence-corrected chi connectivity index (χ1v) is 10.3. The number of hydrogen-bond donors (Lipinski definition) is 1. The molecule has 0 atom stereocenters. The Morgan fingerprint density at radius 2 is 1.93 bits per heavy atom. The summed E-state index contributed by atoms with van der Waals surface area (Å²) in [7, 11) is 4.18. The van der Waals surface area contributed by atoms with E-state index in [0.29, 0.717) is 18.7 Å². The van der Waals surface area contributed by atoms with Gasteiger partial charge in [0.05, 0.1) is 37.4 Å². The Labute approximate surface area is 168 Å². The Balaban J connectivity index is 1.56. The van der Waals surface area contributed by atoms with E-state index in [4.69, 9.17) is 14.5 Å². The molecule has 1 aliphatic rings. The van der Waals surface area contributed by atoms with Crippen LogP contribution in [0.1, 0.15) is 12.0 Å². The highest BCUT2D eigenvalue weighted by atomic mass is 32.1. The maximum Gasteiger partial charge on any atom is 0.231 e. The number of fused-ring (bicyclic) bond motifs is 2. The highest BCUT2D eigenvalue weighted by molar-refractivity contribution is 7.22. The van der Waals surface area contributed by atoms with Gasteiger partial charge in [-0.25, -0.2) is 4.98 Å². The summed E-state index contributed by atoms with van der Waals surface area (Å²) < 4.78 is 11.9. The zero-order valence-corrected chi connectivity index (χ0v) is 16.9. The van der Waals surface area contributed by atoms with Gasteiger partial charge in [-0.15, -0.1) is 0 Å². The molecular weight excluding hydrogens is 374 g/mol. The summed E-state index contributed by atoms with van der Waals surface area (Å²) in [6.45, 7) is 1.74. The number of aromatic nitrogens is 1. The molecule has 2 aromatic carbocycles. The smallest absolute Gasteiger partial charge is 0.231 e. The molecule has 1 aromatic heterocycles. The molecule has 1 N–H and O–H groups in total. The molecule has 0 bridgehead atoms. The van der Waals surface area contributed by atoms with Crippen molar-refractivity contribution in [1.29, 1.82) is 0 Å². The van der Waals surface area contributed by atoms with Crippen LogP contribution in [0.15, 0.2) is 42.5 Å². The third kappa shape index (κ3) is 4.10. The predicted octanol–water partition coefficient (Wildman–Crippen LogP) is 2.14. The van der Waals surface area contributed by atoms with Crippen LogP contribution in [0, 0.1) is 0 Å². The van der Waals surface area contributed by atoms with Crippen molar-refractivity contribution in [3.05, 3.63) is 48.0 Å². The van der Waals surface area contributed by atoms with Gasteiger partial charge in [-0.2, -0.15) is 0 Å². The molecule has 28 heavy (non-hydrogen) atoms. The second kappa shape index (κ2) is 8.16. The number of carbonyl (C=O) groups is 1. The van der Waals surface area contributed by atoms with Crippen LogP contribution < -0.4 is 19.3 Å². The Morgan fingerprint density at radius 1 is 1.18 bits per heavy atom. The number of quaternary nitrogens is 1. The summed E-state index contributed by atoms with van der Waals surface area (Å²) in [5, 5.41) is 0.734.